The molecule has 24 heavy (non-hydrogen) atoms. The van der Waals surface area contributed by atoms with Gasteiger partial charge in [0.15, 0.2) is 0 Å². The zero-order chi connectivity index (χ0) is 16.8. The smallest absolute Gasteiger partial charge is 0.0638 e. The Morgan fingerprint density at radius 3 is 2.62 bits per heavy atom. The summed E-state index contributed by atoms with van der Waals surface area (Å²) < 4.78 is 30.6. The molecule has 1 heterocycles. The summed E-state index contributed by atoms with van der Waals surface area (Å²) in [4.78, 5) is 0. The number of benzene rings is 1. The monoisotopic (exact) mass is 351 g/mol. The van der Waals surface area contributed by atoms with Crippen molar-refractivity contribution in [2.45, 2.75) is 62.6 Å². The van der Waals surface area contributed by atoms with Gasteiger partial charge in [-0.15, -0.1) is 0 Å². The van der Waals surface area contributed by atoms with E-state index in [-0.39, 0.29) is 12.1 Å². The first kappa shape index (κ1) is 18.0. The molecule has 0 bridgehead atoms. The van der Waals surface area contributed by atoms with Crippen LogP contribution in [-0.4, -0.2) is 40.1 Å². The van der Waals surface area contributed by atoms with E-state index >= 15 is 0 Å². The first-order chi connectivity index (χ1) is 11.7. The zero-order valence-electron chi connectivity index (χ0n) is 14.0. The van der Waals surface area contributed by atoms with Gasteiger partial charge in [-0.1, -0.05) is 30.3 Å². The van der Waals surface area contributed by atoms with E-state index in [4.69, 9.17) is 4.74 Å². The third-order valence-electron chi connectivity index (χ3n) is 5.29. The fourth-order valence-electron chi connectivity index (χ4n) is 3.92. The van der Waals surface area contributed by atoms with Crippen LogP contribution in [0, 0.1) is 0 Å². The minimum atomic E-state index is -2.21. The van der Waals surface area contributed by atoms with Crippen LogP contribution in [0.3, 0.4) is 0 Å². The van der Waals surface area contributed by atoms with E-state index in [0.717, 1.165) is 32.2 Å². The first-order valence-electron chi connectivity index (χ1n) is 8.97. The summed E-state index contributed by atoms with van der Waals surface area (Å²) in [5.74, 6) is 0.649. The molecule has 1 aromatic rings. The lowest BCUT2D eigenvalue weighted by atomic mass is 9.83. The van der Waals surface area contributed by atoms with E-state index in [1.54, 1.807) is 0 Å². The molecule has 2 fully saturated rings. The summed E-state index contributed by atoms with van der Waals surface area (Å²) in [6.45, 7) is 1.51. The highest BCUT2D eigenvalue weighted by Crippen LogP contribution is 2.34. The summed E-state index contributed by atoms with van der Waals surface area (Å²) >= 11 is -2.21. The Balaban J connectivity index is 1.43. The van der Waals surface area contributed by atoms with Crippen LogP contribution >= 0.6 is 0 Å². The Morgan fingerprint density at radius 2 is 1.92 bits per heavy atom. The van der Waals surface area contributed by atoms with Gasteiger partial charge in [0, 0.05) is 23.4 Å². The maximum Gasteiger partial charge on any atom is 0.0638 e. The Bertz CT molecular complexity index is 520. The van der Waals surface area contributed by atoms with Gasteiger partial charge in [-0.2, -0.15) is 0 Å². The lowest BCUT2D eigenvalue weighted by molar-refractivity contribution is 0.00520. The largest absolute Gasteiger partial charge is 0.760 e. The Morgan fingerprint density at radius 1 is 1.17 bits per heavy atom. The van der Waals surface area contributed by atoms with Crippen LogP contribution in [0.25, 0.3) is 0 Å². The predicted molar refractivity (Wildman–Crippen MR) is 94.3 cm³/mol. The number of rotatable bonds is 6. The summed E-state index contributed by atoms with van der Waals surface area (Å²) in [6.07, 6.45) is 6.66. The minimum Gasteiger partial charge on any atom is -0.760 e. The zero-order valence-corrected chi connectivity index (χ0v) is 14.8. The van der Waals surface area contributed by atoms with Crippen molar-refractivity contribution in [3.05, 3.63) is 35.9 Å². The van der Waals surface area contributed by atoms with Gasteiger partial charge < -0.3 is 14.6 Å². The third-order valence-corrected chi connectivity index (χ3v) is 5.78. The summed E-state index contributed by atoms with van der Waals surface area (Å²) in [6, 6.07) is 10.7. The van der Waals surface area contributed by atoms with E-state index in [9.17, 15) is 8.76 Å². The highest BCUT2D eigenvalue weighted by Gasteiger charge is 2.28. The maximum absolute atomic E-state index is 10.9. The van der Waals surface area contributed by atoms with Crippen LogP contribution < -0.4 is 10.0 Å². The van der Waals surface area contributed by atoms with Crippen molar-refractivity contribution in [2.75, 3.05) is 13.2 Å². The normalized spacial score (nSPS) is 32.4. The van der Waals surface area contributed by atoms with E-state index in [2.05, 4.69) is 40.4 Å². The minimum absolute atomic E-state index is 0.0576. The molecule has 3 rings (SSSR count). The van der Waals surface area contributed by atoms with Crippen LogP contribution in [0.5, 0.6) is 0 Å². The van der Waals surface area contributed by atoms with Crippen LogP contribution in [0.2, 0.25) is 0 Å². The van der Waals surface area contributed by atoms with E-state index in [1.165, 1.54) is 18.4 Å². The molecule has 3 atom stereocenters. The second-order valence-corrected chi connectivity index (χ2v) is 7.58. The van der Waals surface area contributed by atoms with Crippen molar-refractivity contribution >= 4 is 11.3 Å². The van der Waals surface area contributed by atoms with Gasteiger partial charge in [0.2, 0.25) is 0 Å². The highest BCUT2D eigenvalue weighted by molar-refractivity contribution is 7.77. The van der Waals surface area contributed by atoms with Crippen molar-refractivity contribution in [2.24, 2.45) is 0 Å². The fourth-order valence-corrected chi connectivity index (χ4v) is 4.45. The van der Waals surface area contributed by atoms with Crippen molar-refractivity contribution < 1.29 is 13.5 Å². The van der Waals surface area contributed by atoms with Crippen molar-refractivity contribution in [3.8, 4) is 0 Å². The van der Waals surface area contributed by atoms with Crippen molar-refractivity contribution in [1.82, 2.24) is 10.0 Å². The van der Waals surface area contributed by atoms with Gasteiger partial charge in [0.25, 0.3) is 0 Å². The average Bonchev–Trinajstić information content (AvgIpc) is 2.62. The molecule has 1 aliphatic heterocycles. The lowest BCUT2D eigenvalue weighted by Gasteiger charge is -2.35. The molecule has 2 N–H and O–H groups in total. The molecule has 2 aliphatic rings. The second-order valence-electron chi connectivity index (χ2n) is 6.88. The molecule has 6 heteroatoms. The maximum atomic E-state index is 10.9. The molecule has 1 saturated carbocycles. The molecule has 1 saturated heterocycles. The van der Waals surface area contributed by atoms with Gasteiger partial charge >= 0.3 is 0 Å². The summed E-state index contributed by atoms with van der Waals surface area (Å²) in [5.41, 5.74) is 1.44. The van der Waals surface area contributed by atoms with Gasteiger partial charge in [0.05, 0.1) is 12.7 Å². The molecular formula is C18H27N2O3S-. The van der Waals surface area contributed by atoms with E-state index in [1.807, 2.05) is 0 Å². The van der Waals surface area contributed by atoms with E-state index < -0.39 is 11.3 Å². The molecule has 0 amide bonds. The number of nitrogens with one attached hydrogen (secondary N) is 2. The molecule has 1 aromatic carbocycles. The molecular weight excluding hydrogens is 324 g/mol. The summed E-state index contributed by atoms with van der Waals surface area (Å²) in [7, 11) is 0. The third kappa shape index (κ3) is 5.10. The van der Waals surface area contributed by atoms with Crippen molar-refractivity contribution in [1.29, 1.82) is 0 Å². The molecule has 1 unspecified atom stereocenters. The van der Waals surface area contributed by atoms with Crippen LogP contribution in [0.4, 0.5) is 0 Å². The standard InChI is InChI=1S/C18H28N2O3S/c21-24(22)20-17-7-4-12-19-18(17)13-23-16-10-8-15(9-11-16)14-5-2-1-3-6-14/h1-3,5-6,15-20H,4,7-13H2,(H,21,22)/p-1/t15?,16?,17-,18-/m0/s1. The fraction of sp³-hybridized carbons (Fsp3) is 0.667. The topological polar surface area (TPSA) is 73.4 Å². The van der Waals surface area contributed by atoms with Gasteiger partial charge in [-0.05, 0) is 56.6 Å². The average molecular weight is 351 g/mol. The van der Waals surface area contributed by atoms with Crippen LogP contribution in [0.1, 0.15) is 50.0 Å². The first-order valence-corrected chi connectivity index (χ1v) is 10.0. The Labute approximate surface area is 147 Å². The second kappa shape index (κ2) is 9.06. The van der Waals surface area contributed by atoms with Gasteiger partial charge in [-0.3, -0.25) is 4.21 Å². The highest BCUT2D eigenvalue weighted by atomic mass is 32.2. The molecule has 134 valence electrons. The molecule has 5 nitrogen and oxygen atoms in total. The number of hydrogen-bond donors (Lipinski definition) is 2. The molecule has 1 aliphatic carbocycles. The molecule has 0 aromatic heterocycles. The summed E-state index contributed by atoms with van der Waals surface area (Å²) in [5, 5.41) is 3.39. The molecule has 0 spiro atoms. The molecule has 0 radical (unpaired) electrons. The van der Waals surface area contributed by atoms with Crippen molar-refractivity contribution in [3.63, 3.8) is 0 Å². The Hall–Kier alpha value is -0.790. The van der Waals surface area contributed by atoms with Crippen LogP contribution in [-0.2, 0) is 16.0 Å². The Kier molecular flexibility index (Phi) is 6.80. The quantitative estimate of drug-likeness (QED) is 0.771. The number of ether oxygens (including phenoxy) is 1. The van der Waals surface area contributed by atoms with E-state index in [0.29, 0.717) is 18.6 Å². The lowest BCUT2D eigenvalue weighted by Crippen LogP contribution is -2.54. The number of hydrogen-bond acceptors (Lipinski definition) is 4. The number of piperidine rings is 1. The van der Waals surface area contributed by atoms with Crippen LogP contribution in [0.15, 0.2) is 30.3 Å². The SMILES string of the molecule is O=S([O-])N[C@H]1CCCN[C@H]1COC1CCC(c2ccccc2)CC1. The predicted octanol–water partition coefficient (Wildman–Crippen LogP) is 2.23. The van der Waals surface area contributed by atoms with Gasteiger partial charge in [0.1, 0.15) is 0 Å². The van der Waals surface area contributed by atoms with Gasteiger partial charge in [-0.25, -0.2) is 4.72 Å².